The van der Waals surface area contributed by atoms with Gasteiger partial charge in [-0.3, -0.25) is 0 Å². The predicted molar refractivity (Wildman–Crippen MR) is 66.1 cm³/mol. The Morgan fingerprint density at radius 3 is 1.94 bits per heavy atom. The Morgan fingerprint density at radius 1 is 1.17 bits per heavy atom. The number of halogens is 3. The summed E-state index contributed by atoms with van der Waals surface area (Å²) in [5, 5.41) is 0. The Balaban J connectivity index is 0.000000184. The standard InChI is InChI=1S/C7H5F3.C6H14N2/c8-7(9,10)6-4-2-1-3-5-6;1-5-3-8(2)4-6(5)7/h1-5H;5-6H,3-4,7H2,1-2H3. The Labute approximate surface area is 106 Å². The number of likely N-dealkylation sites (N-methyl/N-ethyl adjacent to an activating group) is 1. The van der Waals surface area contributed by atoms with E-state index in [1.165, 1.54) is 18.7 Å². The summed E-state index contributed by atoms with van der Waals surface area (Å²) in [7, 11) is 2.11. The first-order valence-electron chi connectivity index (χ1n) is 5.87. The Bertz CT molecular complexity index is 341. The van der Waals surface area contributed by atoms with Gasteiger partial charge in [0.2, 0.25) is 0 Å². The molecule has 1 aliphatic rings. The lowest BCUT2D eigenvalue weighted by molar-refractivity contribution is -0.137. The molecule has 0 spiro atoms. The van der Waals surface area contributed by atoms with Crippen LogP contribution < -0.4 is 5.73 Å². The molecular weight excluding hydrogens is 241 g/mol. The van der Waals surface area contributed by atoms with E-state index in [0.717, 1.165) is 18.7 Å². The number of nitrogens with two attached hydrogens (primary N) is 1. The van der Waals surface area contributed by atoms with E-state index in [2.05, 4.69) is 18.9 Å². The maximum atomic E-state index is 11.8. The third-order valence-electron chi connectivity index (χ3n) is 2.95. The molecule has 0 bridgehead atoms. The van der Waals surface area contributed by atoms with Gasteiger partial charge in [-0.05, 0) is 13.0 Å². The molecule has 5 heteroatoms. The lowest BCUT2D eigenvalue weighted by Gasteiger charge is -2.03. The number of hydrogen-bond donors (Lipinski definition) is 1. The van der Waals surface area contributed by atoms with Gasteiger partial charge in [-0.15, -0.1) is 0 Å². The van der Waals surface area contributed by atoms with E-state index in [-0.39, 0.29) is 0 Å². The third kappa shape index (κ3) is 4.66. The summed E-state index contributed by atoms with van der Waals surface area (Å²) >= 11 is 0. The highest BCUT2D eigenvalue weighted by atomic mass is 19.4. The monoisotopic (exact) mass is 260 g/mol. The lowest BCUT2D eigenvalue weighted by atomic mass is 10.1. The molecule has 0 aliphatic carbocycles. The van der Waals surface area contributed by atoms with E-state index in [1.807, 2.05) is 0 Å². The minimum absolute atomic E-state index is 0.417. The van der Waals surface area contributed by atoms with Gasteiger partial charge in [-0.2, -0.15) is 13.2 Å². The molecule has 18 heavy (non-hydrogen) atoms. The quantitative estimate of drug-likeness (QED) is 0.777. The molecule has 1 aromatic rings. The smallest absolute Gasteiger partial charge is 0.326 e. The van der Waals surface area contributed by atoms with Crippen molar-refractivity contribution in [3.63, 3.8) is 0 Å². The van der Waals surface area contributed by atoms with Gasteiger partial charge in [0.05, 0.1) is 5.56 Å². The number of rotatable bonds is 0. The zero-order valence-corrected chi connectivity index (χ0v) is 10.6. The molecule has 0 aromatic heterocycles. The van der Waals surface area contributed by atoms with Crippen LogP contribution in [0, 0.1) is 5.92 Å². The molecule has 1 aliphatic heterocycles. The van der Waals surface area contributed by atoms with Crippen LogP contribution in [0.5, 0.6) is 0 Å². The second-order valence-corrected chi connectivity index (χ2v) is 4.73. The van der Waals surface area contributed by atoms with Crippen LogP contribution >= 0.6 is 0 Å². The largest absolute Gasteiger partial charge is 0.416 e. The first-order valence-corrected chi connectivity index (χ1v) is 5.87. The van der Waals surface area contributed by atoms with Crippen LogP contribution in [0.2, 0.25) is 0 Å². The topological polar surface area (TPSA) is 29.3 Å². The molecule has 102 valence electrons. The molecule has 0 radical (unpaired) electrons. The van der Waals surface area contributed by atoms with Crippen molar-refractivity contribution in [2.75, 3.05) is 20.1 Å². The van der Waals surface area contributed by atoms with Gasteiger partial charge in [0.25, 0.3) is 0 Å². The van der Waals surface area contributed by atoms with Gasteiger partial charge in [-0.25, -0.2) is 0 Å². The second-order valence-electron chi connectivity index (χ2n) is 4.73. The first-order chi connectivity index (χ1) is 8.30. The van der Waals surface area contributed by atoms with Crippen LogP contribution in [0.3, 0.4) is 0 Å². The van der Waals surface area contributed by atoms with E-state index < -0.39 is 11.7 Å². The highest BCUT2D eigenvalue weighted by molar-refractivity contribution is 5.17. The highest BCUT2D eigenvalue weighted by Crippen LogP contribution is 2.28. The van der Waals surface area contributed by atoms with Gasteiger partial charge in [0, 0.05) is 19.1 Å². The summed E-state index contributed by atoms with van der Waals surface area (Å²) in [5.74, 6) is 0.694. The SMILES string of the molecule is CC1CN(C)CC1N.FC(F)(F)c1ccccc1. The van der Waals surface area contributed by atoms with Crippen molar-refractivity contribution in [2.24, 2.45) is 11.7 Å². The van der Waals surface area contributed by atoms with Crippen molar-refractivity contribution < 1.29 is 13.2 Å². The summed E-state index contributed by atoms with van der Waals surface area (Å²) in [6.45, 7) is 4.44. The summed E-state index contributed by atoms with van der Waals surface area (Å²) in [6.07, 6.45) is -4.21. The van der Waals surface area contributed by atoms with E-state index in [1.54, 1.807) is 6.07 Å². The molecule has 2 unspecified atom stereocenters. The molecule has 2 nitrogen and oxygen atoms in total. The summed E-state index contributed by atoms with van der Waals surface area (Å²) < 4.78 is 35.4. The average molecular weight is 260 g/mol. The number of nitrogens with zero attached hydrogens (tertiary/aromatic N) is 1. The van der Waals surface area contributed by atoms with Gasteiger partial charge < -0.3 is 10.6 Å². The zero-order chi connectivity index (χ0) is 13.8. The molecular formula is C13H19F3N2. The van der Waals surface area contributed by atoms with Gasteiger partial charge >= 0.3 is 6.18 Å². The van der Waals surface area contributed by atoms with Crippen molar-refractivity contribution >= 4 is 0 Å². The molecule has 1 aromatic carbocycles. The average Bonchev–Trinajstić information content (AvgIpc) is 2.57. The molecule has 1 fully saturated rings. The number of likely N-dealkylation sites (tertiary alicyclic amines) is 1. The molecule has 2 N–H and O–H groups in total. The van der Waals surface area contributed by atoms with E-state index >= 15 is 0 Å². The van der Waals surface area contributed by atoms with Crippen LogP contribution in [0.25, 0.3) is 0 Å². The van der Waals surface area contributed by atoms with Crippen LogP contribution in [0.4, 0.5) is 13.2 Å². The van der Waals surface area contributed by atoms with Gasteiger partial charge in [0.1, 0.15) is 0 Å². The Kier molecular flexibility index (Phi) is 5.16. The van der Waals surface area contributed by atoms with Crippen LogP contribution in [0.1, 0.15) is 12.5 Å². The van der Waals surface area contributed by atoms with Crippen molar-refractivity contribution in [1.29, 1.82) is 0 Å². The fraction of sp³-hybridized carbons (Fsp3) is 0.538. The maximum Gasteiger partial charge on any atom is 0.416 e. The van der Waals surface area contributed by atoms with Crippen LogP contribution in [-0.4, -0.2) is 31.1 Å². The summed E-state index contributed by atoms with van der Waals surface area (Å²) in [4.78, 5) is 2.27. The Morgan fingerprint density at radius 2 is 1.72 bits per heavy atom. The zero-order valence-electron chi connectivity index (χ0n) is 10.6. The number of hydrogen-bond acceptors (Lipinski definition) is 2. The van der Waals surface area contributed by atoms with Crippen LogP contribution in [-0.2, 0) is 6.18 Å². The second kappa shape index (κ2) is 6.20. The third-order valence-corrected chi connectivity index (χ3v) is 2.95. The normalized spacial score (nSPS) is 24.6. The van der Waals surface area contributed by atoms with E-state index in [0.29, 0.717) is 12.0 Å². The first kappa shape index (κ1) is 15.0. The molecule has 2 rings (SSSR count). The molecule has 1 heterocycles. The number of alkyl halides is 3. The van der Waals surface area contributed by atoms with E-state index in [9.17, 15) is 13.2 Å². The van der Waals surface area contributed by atoms with Crippen molar-refractivity contribution in [3.8, 4) is 0 Å². The molecule has 2 atom stereocenters. The molecule has 0 amide bonds. The molecule has 1 saturated heterocycles. The summed E-state index contributed by atoms with van der Waals surface area (Å²) in [6, 6.07) is 6.78. The lowest BCUT2D eigenvalue weighted by Crippen LogP contribution is -2.27. The number of benzene rings is 1. The fourth-order valence-electron chi connectivity index (χ4n) is 1.87. The van der Waals surface area contributed by atoms with Gasteiger partial charge in [-0.1, -0.05) is 37.3 Å². The van der Waals surface area contributed by atoms with Gasteiger partial charge in [0.15, 0.2) is 0 Å². The van der Waals surface area contributed by atoms with E-state index in [4.69, 9.17) is 5.73 Å². The van der Waals surface area contributed by atoms with Crippen LogP contribution in [0.15, 0.2) is 30.3 Å². The highest BCUT2D eigenvalue weighted by Gasteiger charge is 2.29. The summed E-state index contributed by atoms with van der Waals surface area (Å²) in [5.41, 5.74) is 5.13. The predicted octanol–water partition coefficient (Wildman–Crippen LogP) is 2.60. The minimum atomic E-state index is -4.21. The maximum absolute atomic E-state index is 11.8. The van der Waals surface area contributed by atoms with Crippen molar-refractivity contribution in [1.82, 2.24) is 4.90 Å². The minimum Gasteiger partial charge on any atom is -0.326 e. The molecule has 0 saturated carbocycles. The van der Waals surface area contributed by atoms with Crippen molar-refractivity contribution in [2.45, 2.75) is 19.1 Å². The Hall–Kier alpha value is -1.07. The fourth-order valence-corrected chi connectivity index (χ4v) is 1.87. The van der Waals surface area contributed by atoms with Crippen molar-refractivity contribution in [3.05, 3.63) is 35.9 Å².